The maximum absolute atomic E-state index is 12.7. The number of nitrogens with one attached hydrogen (secondary N) is 2. The van der Waals surface area contributed by atoms with E-state index in [4.69, 9.17) is 9.47 Å². The molecule has 0 aromatic heterocycles. The molecule has 2 amide bonds. The largest absolute Gasteiger partial charge is 0.496 e. The summed E-state index contributed by atoms with van der Waals surface area (Å²) in [5, 5.41) is 5.60. The number of amides is 2. The first kappa shape index (κ1) is 20.3. The third-order valence-electron chi connectivity index (χ3n) is 4.37. The summed E-state index contributed by atoms with van der Waals surface area (Å²) < 4.78 is 10.6. The van der Waals surface area contributed by atoms with Gasteiger partial charge in [-0.1, -0.05) is 24.3 Å². The van der Waals surface area contributed by atoms with Crippen LogP contribution in [0.4, 0.5) is 5.69 Å². The number of methoxy groups -OCH3 is 2. The van der Waals surface area contributed by atoms with Crippen molar-refractivity contribution in [3.05, 3.63) is 53.6 Å². The maximum atomic E-state index is 12.7. The van der Waals surface area contributed by atoms with Gasteiger partial charge in [0.25, 0.3) is 0 Å². The smallest absolute Gasteiger partial charge is 0.239 e. The molecule has 0 atom stereocenters. The Bertz CT molecular complexity index is 831. The van der Waals surface area contributed by atoms with E-state index in [1.54, 1.807) is 33.1 Å². The quantitative estimate of drug-likeness (QED) is 0.733. The molecule has 2 rings (SSSR count). The molecule has 0 heterocycles. The highest BCUT2D eigenvalue weighted by atomic mass is 16.5. The molecular weight excluding hydrogens is 344 g/mol. The van der Waals surface area contributed by atoms with Crippen molar-refractivity contribution in [3.8, 4) is 11.5 Å². The minimum Gasteiger partial charge on any atom is -0.496 e. The van der Waals surface area contributed by atoms with E-state index in [2.05, 4.69) is 10.6 Å². The van der Waals surface area contributed by atoms with Gasteiger partial charge in [0.2, 0.25) is 11.8 Å². The number of para-hydroxylation sites is 1. The van der Waals surface area contributed by atoms with Gasteiger partial charge in [0.05, 0.1) is 19.9 Å². The number of ether oxygens (including phenoxy) is 2. The Morgan fingerprint density at radius 3 is 2.30 bits per heavy atom. The van der Waals surface area contributed by atoms with Crippen LogP contribution in [0.5, 0.6) is 11.5 Å². The van der Waals surface area contributed by atoms with Gasteiger partial charge in [-0.15, -0.1) is 0 Å². The lowest BCUT2D eigenvalue weighted by atomic mass is 9.90. The molecule has 0 saturated carbocycles. The fourth-order valence-corrected chi connectivity index (χ4v) is 2.55. The number of carbonyl (C=O) groups excluding carboxylic acids is 2. The predicted molar refractivity (Wildman–Crippen MR) is 105 cm³/mol. The van der Waals surface area contributed by atoms with Crippen LogP contribution in [0.1, 0.15) is 25.0 Å². The zero-order chi connectivity index (χ0) is 20.0. The number of carbonyl (C=O) groups is 2. The average molecular weight is 370 g/mol. The van der Waals surface area contributed by atoms with Crippen molar-refractivity contribution >= 4 is 17.5 Å². The molecule has 0 bridgehead atoms. The highest BCUT2D eigenvalue weighted by Gasteiger charge is 2.36. The molecule has 0 aliphatic carbocycles. The van der Waals surface area contributed by atoms with Crippen LogP contribution in [0.2, 0.25) is 0 Å². The van der Waals surface area contributed by atoms with E-state index in [9.17, 15) is 9.59 Å². The van der Waals surface area contributed by atoms with Gasteiger partial charge < -0.3 is 20.1 Å². The number of benzene rings is 2. The molecule has 144 valence electrons. The first-order valence-electron chi connectivity index (χ1n) is 8.66. The molecule has 2 aromatic rings. The highest BCUT2D eigenvalue weighted by molar-refractivity contribution is 6.10. The van der Waals surface area contributed by atoms with Crippen molar-refractivity contribution in [1.82, 2.24) is 5.32 Å². The van der Waals surface area contributed by atoms with E-state index >= 15 is 0 Å². The molecule has 0 unspecified atom stereocenters. The second-order valence-electron chi connectivity index (χ2n) is 6.78. The van der Waals surface area contributed by atoms with Crippen molar-refractivity contribution in [1.29, 1.82) is 0 Å². The fourth-order valence-electron chi connectivity index (χ4n) is 2.55. The highest BCUT2D eigenvalue weighted by Crippen LogP contribution is 2.28. The van der Waals surface area contributed by atoms with Gasteiger partial charge in [-0.2, -0.15) is 0 Å². The Kier molecular flexibility index (Phi) is 6.45. The fraction of sp³-hybridized carbons (Fsp3) is 0.333. The van der Waals surface area contributed by atoms with Crippen molar-refractivity contribution in [3.63, 3.8) is 0 Å². The topological polar surface area (TPSA) is 76.7 Å². The lowest BCUT2D eigenvalue weighted by Crippen LogP contribution is -2.45. The summed E-state index contributed by atoms with van der Waals surface area (Å²) in [5.41, 5.74) is 1.08. The van der Waals surface area contributed by atoms with Crippen LogP contribution in [-0.4, -0.2) is 26.0 Å². The first-order chi connectivity index (χ1) is 12.8. The third-order valence-corrected chi connectivity index (χ3v) is 4.37. The molecule has 0 radical (unpaired) electrons. The van der Waals surface area contributed by atoms with Crippen LogP contribution in [0.3, 0.4) is 0 Å². The lowest BCUT2D eigenvalue weighted by molar-refractivity contribution is -0.138. The Hall–Kier alpha value is -3.02. The number of anilines is 1. The normalized spacial score (nSPS) is 10.9. The summed E-state index contributed by atoms with van der Waals surface area (Å²) in [7, 11) is 3.11. The molecule has 6 heteroatoms. The minimum atomic E-state index is -1.27. The van der Waals surface area contributed by atoms with Gasteiger partial charge in [-0.3, -0.25) is 9.59 Å². The molecule has 0 saturated heterocycles. The van der Waals surface area contributed by atoms with Crippen LogP contribution in [-0.2, 0) is 16.1 Å². The average Bonchev–Trinajstić information content (AvgIpc) is 2.66. The van der Waals surface area contributed by atoms with Crippen molar-refractivity contribution in [2.75, 3.05) is 19.5 Å². The monoisotopic (exact) mass is 370 g/mol. The Balaban J connectivity index is 2.09. The van der Waals surface area contributed by atoms with Crippen LogP contribution < -0.4 is 20.1 Å². The van der Waals surface area contributed by atoms with Crippen molar-refractivity contribution in [2.45, 2.75) is 27.3 Å². The Morgan fingerprint density at radius 1 is 0.963 bits per heavy atom. The number of aryl methyl sites for hydroxylation is 1. The number of hydrogen-bond donors (Lipinski definition) is 2. The standard InChI is InChI=1S/C21H26N2O4/c1-14-10-11-18(27-5)16(12-14)23-20(25)21(2,3)19(24)22-13-15-8-6-7-9-17(15)26-4/h6-12H,13H2,1-5H3,(H,22,24)(H,23,25). The van der Waals surface area contributed by atoms with E-state index in [1.807, 2.05) is 37.3 Å². The van der Waals surface area contributed by atoms with E-state index in [-0.39, 0.29) is 12.5 Å². The third kappa shape index (κ3) is 4.78. The SMILES string of the molecule is COc1ccccc1CNC(=O)C(C)(C)C(=O)Nc1cc(C)ccc1OC. The van der Waals surface area contributed by atoms with Crippen LogP contribution in [0.15, 0.2) is 42.5 Å². The lowest BCUT2D eigenvalue weighted by Gasteiger charge is -2.23. The van der Waals surface area contributed by atoms with Crippen molar-refractivity contribution < 1.29 is 19.1 Å². The van der Waals surface area contributed by atoms with Gasteiger partial charge in [0.1, 0.15) is 16.9 Å². The van der Waals surface area contributed by atoms with Gasteiger partial charge in [0, 0.05) is 12.1 Å². The molecular formula is C21H26N2O4. The Labute approximate surface area is 159 Å². The predicted octanol–water partition coefficient (Wildman–Crippen LogP) is 3.29. The summed E-state index contributed by atoms with van der Waals surface area (Å²) in [4.78, 5) is 25.4. The first-order valence-corrected chi connectivity index (χ1v) is 8.66. The number of hydrogen-bond acceptors (Lipinski definition) is 4. The van der Waals surface area contributed by atoms with Crippen LogP contribution >= 0.6 is 0 Å². The minimum absolute atomic E-state index is 0.271. The van der Waals surface area contributed by atoms with Crippen LogP contribution in [0, 0.1) is 12.3 Å². The molecule has 0 spiro atoms. The van der Waals surface area contributed by atoms with Gasteiger partial charge in [-0.05, 0) is 44.5 Å². The van der Waals surface area contributed by atoms with Gasteiger partial charge in [0.15, 0.2) is 0 Å². The molecule has 0 aliphatic rings. The Morgan fingerprint density at radius 2 is 1.63 bits per heavy atom. The molecule has 0 fully saturated rings. The number of rotatable bonds is 7. The zero-order valence-electron chi connectivity index (χ0n) is 16.4. The second kappa shape index (κ2) is 8.58. The molecule has 2 aromatic carbocycles. The summed E-state index contributed by atoms with van der Waals surface area (Å²) in [6.45, 7) is 5.36. The van der Waals surface area contributed by atoms with Gasteiger partial charge in [-0.25, -0.2) is 0 Å². The molecule has 0 aliphatic heterocycles. The second-order valence-corrected chi connectivity index (χ2v) is 6.78. The summed E-state index contributed by atoms with van der Waals surface area (Å²) >= 11 is 0. The van der Waals surface area contributed by atoms with Crippen molar-refractivity contribution in [2.24, 2.45) is 5.41 Å². The van der Waals surface area contributed by atoms with E-state index in [0.717, 1.165) is 11.1 Å². The summed E-state index contributed by atoms with van der Waals surface area (Å²) in [6.07, 6.45) is 0. The molecule has 2 N–H and O–H groups in total. The van der Waals surface area contributed by atoms with Crippen LogP contribution in [0.25, 0.3) is 0 Å². The van der Waals surface area contributed by atoms with Gasteiger partial charge >= 0.3 is 0 Å². The maximum Gasteiger partial charge on any atom is 0.239 e. The zero-order valence-corrected chi connectivity index (χ0v) is 16.4. The molecule has 27 heavy (non-hydrogen) atoms. The van der Waals surface area contributed by atoms with E-state index in [1.165, 1.54) is 7.11 Å². The summed E-state index contributed by atoms with van der Waals surface area (Å²) in [6, 6.07) is 12.9. The van der Waals surface area contributed by atoms with E-state index in [0.29, 0.717) is 17.2 Å². The molecule has 6 nitrogen and oxygen atoms in total. The van der Waals surface area contributed by atoms with E-state index < -0.39 is 11.3 Å². The summed E-state index contributed by atoms with van der Waals surface area (Å²) in [5.74, 6) is 0.435.